The molecule has 0 bridgehead atoms. The normalized spacial score (nSPS) is 11.3. The van der Waals surface area contributed by atoms with Crippen LogP contribution in [-0.2, 0) is 0 Å². The quantitative estimate of drug-likeness (QED) is 0.914. The fourth-order valence-electron chi connectivity index (χ4n) is 1.54. The molecule has 0 aliphatic rings. The third kappa shape index (κ3) is 3.19. The molecule has 0 atom stereocenters. The topological polar surface area (TPSA) is 59.8 Å². The van der Waals surface area contributed by atoms with Crippen molar-refractivity contribution in [1.29, 1.82) is 0 Å². The Balaban J connectivity index is 2.13. The summed E-state index contributed by atoms with van der Waals surface area (Å²) in [6.45, 7) is 6.04. The number of imidazole rings is 1. The highest BCUT2D eigenvalue weighted by molar-refractivity contribution is 5.94. The van der Waals surface area contributed by atoms with Crippen LogP contribution in [0.1, 0.15) is 37.6 Å². The van der Waals surface area contributed by atoms with Gasteiger partial charge in [0.25, 0.3) is 5.91 Å². The van der Waals surface area contributed by atoms with Crippen LogP contribution in [0.4, 0.5) is 0 Å². The van der Waals surface area contributed by atoms with Crippen molar-refractivity contribution in [3.05, 3.63) is 42.6 Å². The second kappa shape index (κ2) is 5.22. The Labute approximate surface area is 112 Å². The van der Waals surface area contributed by atoms with Gasteiger partial charge < -0.3 is 5.32 Å². The van der Waals surface area contributed by atoms with Gasteiger partial charge in [0.2, 0.25) is 0 Å². The van der Waals surface area contributed by atoms with Crippen LogP contribution in [0.2, 0.25) is 0 Å². The van der Waals surface area contributed by atoms with Gasteiger partial charge in [0.15, 0.2) is 0 Å². The highest BCUT2D eigenvalue weighted by Gasteiger charge is 2.18. The molecule has 2 rings (SSSR count). The molecule has 1 N–H and O–H groups in total. The van der Waals surface area contributed by atoms with Crippen molar-refractivity contribution in [3.8, 4) is 5.82 Å². The van der Waals surface area contributed by atoms with E-state index in [2.05, 4.69) is 15.3 Å². The molecule has 0 unspecified atom stereocenters. The van der Waals surface area contributed by atoms with E-state index >= 15 is 0 Å². The molecule has 0 saturated carbocycles. The van der Waals surface area contributed by atoms with E-state index in [9.17, 15) is 4.79 Å². The maximum absolute atomic E-state index is 12.0. The minimum atomic E-state index is -0.208. The van der Waals surface area contributed by atoms with Gasteiger partial charge in [0.05, 0.1) is 5.56 Å². The molecule has 2 aromatic heterocycles. The molecule has 0 spiro atoms. The van der Waals surface area contributed by atoms with Gasteiger partial charge in [-0.25, -0.2) is 9.97 Å². The predicted molar refractivity (Wildman–Crippen MR) is 73.2 cm³/mol. The Morgan fingerprint density at radius 3 is 2.74 bits per heavy atom. The first kappa shape index (κ1) is 13.3. The van der Waals surface area contributed by atoms with Crippen LogP contribution in [0.5, 0.6) is 0 Å². The minimum absolute atomic E-state index is 0.100. The average Bonchev–Trinajstić information content (AvgIpc) is 2.92. The summed E-state index contributed by atoms with van der Waals surface area (Å²) >= 11 is 0. The van der Waals surface area contributed by atoms with Crippen molar-refractivity contribution in [1.82, 2.24) is 19.9 Å². The largest absolute Gasteiger partial charge is 0.347 e. The van der Waals surface area contributed by atoms with Gasteiger partial charge in [0, 0.05) is 24.1 Å². The molecule has 5 heteroatoms. The maximum Gasteiger partial charge on any atom is 0.253 e. The first-order valence-corrected chi connectivity index (χ1v) is 6.29. The molecule has 0 radical (unpaired) electrons. The zero-order chi connectivity index (χ0) is 13.9. The number of aromatic nitrogens is 3. The highest BCUT2D eigenvalue weighted by atomic mass is 16.1. The number of pyridine rings is 1. The Morgan fingerprint density at radius 2 is 2.21 bits per heavy atom. The molecule has 0 aromatic carbocycles. The summed E-state index contributed by atoms with van der Waals surface area (Å²) < 4.78 is 1.79. The lowest BCUT2D eigenvalue weighted by atomic mass is 10.0. The summed E-state index contributed by atoms with van der Waals surface area (Å²) in [7, 11) is 0. The van der Waals surface area contributed by atoms with Crippen LogP contribution in [0.15, 0.2) is 37.1 Å². The summed E-state index contributed by atoms with van der Waals surface area (Å²) in [6.07, 6.45) is 7.62. The number of hydrogen-bond donors (Lipinski definition) is 1. The van der Waals surface area contributed by atoms with E-state index in [4.69, 9.17) is 0 Å². The molecule has 2 aromatic rings. The fraction of sp³-hybridized carbons (Fsp3) is 0.357. The Bertz CT molecular complexity index is 543. The monoisotopic (exact) mass is 258 g/mol. The number of nitrogens with one attached hydrogen (secondary N) is 1. The number of carbonyl (C=O) groups excluding carboxylic acids is 1. The van der Waals surface area contributed by atoms with Gasteiger partial charge in [-0.05, 0) is 32.4 Å². The molecule has 0 aliphatic carbocycles. The van der Waals surface area contributed by atoms with Crippen LogP contribution in [0, 0.1) is 0 Å². The minimum Gasteiger partial charge on any atom is -0.347 e. The Hall–Kier alpha value is -2.17. The average molecular weight is 258 g/mol. The van der Waals surface area contributed by atoms with E-state index in [0.29, 0.717) is 5.56 Å². The third-order valence-corrected chi connectivity index (χ3v) is 3.11. The van der Waals surface area contributed by atoms with Crippen LogP contribution < -0.4 is 5.32 Å². The molecule has 0 aliphatic heterocycles. The molecule has 19 heavy (non-hydrogen) atoms. The summed E-state index contributed by atoms with van der Waals surface area (Å²) in [5.74, 6) is 0.639. The number of nitrogens with zero attached hydrogens (tertiary/aromatic N) is 3. The number of hydrogen-bond acceptors (Lipinski definition) is 3. The lowest BCUT2D eigenvalue weighted by molar-refractivity contribution is 0.0911. The van der Waals surface area contributed by atoms with Crippen molar-refractivity contribution in [2.75, 3.05) is 0 Å². The molecule has 0 fully saturated rings. The van der Waals surface area contributed by atoms with Crippen molar-refractivity contribution in [2.45, 2.75) is 32.7 Å². The van der Waals surface area contributed by atoms with E-state index in [-0.39, 0.29) is 11.4 Å². The Morgan fingerprint density at radius 1 is 1.42 bits per heavy atom. The molecule has 5 nitrogen and oxygen atoms in total. The van der Waals surface area contributed by atoms with E-state index in [1.807, 2.05) is 27.0 Å². The summed E-state index contributed by atoms with van der Waals surface area (Å²) in [6, 6.07) is 3.57. The summed E-state index contributed by atoms with van der Waals surface area (Å²) in [5.41, 5.74) is 0.352. The van der Waals surface area contributed by atoms with Crippen molar-refractivity contribution in [3.63, 3.8) is 0 Å². The molecule has 1 amide bonds. The van der Waals surface area contributed by atoms with E-state index in [1.54, 1.807) is 35.4 Å². The van der Waals surface area contributed by atoms with Gasteiger partial charge in [-0.1, -0.05) is 6.92 Å². The SMILES string of the molecule is CCC(C)(C)NC(=O)c1ccc(-n2ccnc2)nc1. The Kier molecular flexibility index (Phi) is 3.64. The highest BCUT2D eigenvalue weighted by Crippen LogP contribution is 2.10. The second-order valence-electron chi connectivity index (χ2n) is 5.07. The van der Waals surface area contributed by atoms with Gasteiger partial charge in [-0.3, -0.25) is 9.36 Å². The third-order valence-electron chi connectivity index (χ3n) is 3.11. The van der Waals surface area contributed by atoms with Gasteiger partial charge in [0.1, 0.15) is 12.1 Å². The standard InChI is InChI=1S/C14H18N4O/c1-4-14(2,3)17-13(19)11-5-6-12(16-9-11)18-8-7-15-10-18/h5-10H,4H2,1-3H3,(H,17,19). The second-order valence-corrected chi connectivity index (χ2v) is 5.07. The van der Waals surface area contributed by atoms with Crippen LogP contribution in [0.25, 0.3) is 5.82 Å². The van der Waals surface area contributed by atoms with Gasteiger partial charge >= 0.3 is 0 Å². The molecular formula is C14H18N4O. The molecule has 0 saturated heterocycles. The van der Waals surface area contributed by atoms with Gasteiger partial charge in [-0.15, -0.1) is 0 Å². The van der Waals surface area contributed by atoms with Crippen molar-refractivity contribution in [2.24, 2.45) is 0 Å². The zero-order valence-corrected chi connectivity index (χ0v) is 11.4. The van der Waals surface area contributed by atoms with E-state index < -0.39 is 0 Å². The van der Waals surface area contributed by atoms with E-state index in [1.165, 1.54) is 0 Å². The van der Waals surface area contributed by atoms with Crippen LogP contribution in [-0.4, -0.2) is 26.0 Å². The lowest BCUT2D eigenvalue weighted by Crippen LogP contribution is -2.42. The number of rotatable bonds is 4. The number of carbonyl (C=O) groups is 1. The predicted octanol–water partition coefficient (Wildman–Crippen LogP) is 2.19. The van der Waals surface area contributed by atoms with E-state index in [0.717, 1.165) is 12.2 Å². The molecule has 2 heterocycles. The van der Waals surface area contributed by atoms with Crippen molar-refractivity contribution >= 4 is 5.91 Å². The fourth-order valence-corrected chi connectivity index (χ4v) is 1.54. The van der Waals surface area contributed by atoms with Crippen molar-refractivity contribution < 1.29 is 4.79 Å². The lowest BCUT2D eigenvalue weighted by Gasteiger charge is -2.24. The molecule has 100 valence electrons. The van der Waals surface area contributed by atoms with Crippen LogP contribution in [0.3, 0.4) is 0 Å². The summed E-state index contributed by atoms with van der Waals surface area (Å²) in [5, 5.41) is 2.98. The smallest absolute Gasteiger partial charge is 0.253 e. The summed E-state index contributed by atoms with van der Waals surface area (Å²) in [4.78, 5) is 20.3. The molecular weight excluding hydrogens is 240 g/mol. The van der Waals surface area contributed by atoms with Crippen LogP contribution >= 0.6 is 0 Å². The first-order valence-electron chi connectivity index (χ1n) is 6.29. The first-order chi connectivity index (χ1) is 9.02. The zero-order valence-electron chi connectivity index (χ0n) is 11.4. The number of amides is 1. The van der Waals surface area contributed by atoms with Gasteiger partial charge in [-0.2, -0.15) is 0 Å². The maximum atomic E-state index is 12.0.